The molecule has 1 fully saturated rings. The third kappa shape index (κ3) is 3.24. The van der Waals surface area contributed by atoms with Gasteiger partial charge in [0.15, 0.2) is 0 Å². The summed E-state index contributed by atoms with van der Waals surface area (Å²) in [5.41, 5.74) is 0.562. The first-order valence-corrected chi connectivity index (χ1v) is 6.72. The molecule has 1 aromatic rings. The number of rotatable bonds is 3. The van der Waals surface area contributed by atoms with Crippen LogP contribution in [-0.4, -0.2) is 11.1 Å². The van der Waals surface area contributed by atoms with E-state index in [0.29, 0.717) is 11.3 Å². The molecule has 102 valence electrons. The van der Waals surface area contributed by atoms with Crippen LogP contribution in [-0.2, 0) is 10.4 Å². The molecule has 0 unspecified atom stereocenters. The fraction of sp³-hybridized carbons (Fsp3) is 0.438. The Balaban J connectivity index is 2.09. The summed E-state index contributed by atoms with van der Waals surface area (Å²) in [7, 11) is 0. The van der Waals surface area contributed by atoms with Gasteiger partial charge in [-0.2, -0.15) is 0 Å². The van der Waals surface area contributed by atoms with Crippen LogP contribution in [0.2, 0.25) is 0 Å². The number of carbonyl (C=O) groups excluding carboxylic acids is 1. The van der Waals surface area contributed by atoms with E-state index in [2.05, 4.69) is 6.58 Å². The fourth-order valence-electron chi connectivity index (χ4n) is 2.45. The van der Waals surface area contributed by atoms with Crippen LogP contribution >= 0.6 is 0 Å². The second kappa shape index (κ2) is 5.57. The molecule has 0 saturated heterocycles. The van der Waals surface area contributed by atoms with Crippen LogP contribution in [0.25, 0.3) is 0 Å². The summed E-state index contributed by atoms with van der Waals surface area (Å²) in [5, 5.41) is 10.6. The Morgan fingerprint density at radius 3 is 2.32 bits per heavy atom. The molecule has 0 bridgehead atoms. The van der Waals surface area contributed by atoms with Crippen LogP contribution < -0.4 is 4.74 Å². The van der Waals surface area contributed by atoms with Crippen molar-refractivity contribution in [1.82, 2.24) is 0 Å². The first kappa shape index (κ1) is 13.8. The van der Waals surface area contributed by atoms with Gasteiger partial charge in [0, 0.05) is 5.57 Å². The zero-order chi connectivity index (χ0) is 13.9. The van der Waals surface area contributed by atoms with Gasteiger partial charge in [0.2, 0.25) is 0 Å². The second-order valence-electron chi connectivity index (χ2n) is 5.29. The number of carbonyl (C=O) groups is 1. The maximum Gasteiger partial charge on any atom is 0.338 e. The van der Waals surface area contributed by atoms with Gasteiger partial charge >= 0.3 is 5.97 Å². The number of hydrogen-bond acceptors (Lipinski definition) is 3. The molecule has 0 radical (unpaired) electrons. The molecule has 1 aliphatic rings. The van der Waals surface area contributed by atoms with Gasteiger partial charge in [0.25, 0.3) is 0 Å². The quantitative estimate of drug-likeness (QED) is 0.515. The molecule has 0 spiro atoms. The van der Waals surface area contributed by atoms with Crippen molar-refractivity contribution >= 4 is 5.97 Å². The van der Waals surface area contributed by atoms with Crippen LogP contribution in [0.1, 0.15) is 44.6 Å². The fourth-order valence-corrected chi connectivity index (χ4v) is 2.45. The summed E-state index contributed by atoms with van der Waals surface area (Å²) in [6, 6.07) is 7.13. The lowest BCUT2D eigenvalue weighted by atomic mass is 9.80. The highest BCUT2D eigenvalue weighted by molar-refractivity contribution is 5.88. The maximum absolute atomic E-state index is 11.4. The summed E-state index contributed by atoms with van der Waals surface area (Å²) < 4.78 is 5.13. The maximum atomic E-state index is 11.4. The highest BCUT2D eigenvalue weighted by Gasteiger charge is 2.30. The molecule has 3 heteroatoms. The van der Waals surface area contributed by atoms with E-state index in [1.54, 1.807) is 19.1 Å². The van der Waals surface area contributed by atoms with Crippen molar-refractivity contribution in [3.63, 3.8) is 0 Å². The lowest BCUT2D eigenvalue weighted by Crippen LogP contribution is -2.28. The summed E-state index contributed by atoms with van der Waals surface area (Å²) in [6.07, 6.45) is 4.91. The third-order valence-corrected chi connectivity index (χ3v) is 3.63. The Hall–Kier alpha value is -1.61. The summed E-state index contributed by atoms with van der Waals surface area (Å²) in [5.74, 6) is 0.0558. The standard InChI is InChI=1S/C16H20O3/c1-12(2)15(17)19-14-8-6-13(7-9-14)16(18)10-4-3-5-11-16/h6-9,18H,1,3-5,10-11H2,2H3. The van der Waals surface area contributed by atoms with E-state index >= 15 is 0 Å². The molecule has 1 aliphatic carbocycles. The van der Waals surface area contributed by atoms with E-state index in [-0.39, 0.29) is 0 Å². The van der Waals surface area contributed by atoms with Crippen LogP contribution in [0.4, 0.5) is 0 Å². The van der Waals surface area contributed by atoms with E-state index in [1.165, 1.54) is 6.42 Å². The first-order chi connectivity index (χ1) is 9.01. The number of benzene rings is 1. The van der Waals surface area contributed by atoms with Crippen molar-refractivity contribution in [3.05, 3.63) is 42.0 Å². The van der Waals surface area contributed by atoms with Crippen molar-refractivity contribution in [2.45, 2.75) is 44.6 Å². The molecular formula is C16H20O3. The van der Waals surface area contributed by atoms with Crippen LogP contribution in [0.5, 0.6) is 5.75 Å². The average Bonchev–Trinajstić information content (AvgIpc) is 2.40. The molecular weight excluding hydrogens is 240 g/mol. The Morgan fingerprint density at radius 1 is 1.21 bits per heavy atom. The van der Waals surface area contributed by atoms with E-state index in [0.717, 1.165) is 31.2 Å². The molecule has 19 heavy (non-hydrogen) atoms. The van der Waals surface area contributed by atoms with Gasteiger partial charge in [-0.3, -0.25) is 0 Å². The Bertz CT molecular complexity index is 467. The predicted molar refractivity (Wildman–Crippen MR) is 73.9 cm³/mol. The van der Waals surface area contributed by atoms with Gasteiger partial charge in [0.05, 0.1) is 5.60 Å². The largest absolute Gasteiger partial charge is 0.423 e. The van der Waals surface area contributed by atoms with Gasteiger partial charge in [-0.25, -0.2) is 4.79 Å². The molecule has 0 amide bonds. The number of ether oxygens (including phenoxy) is 1. The highest BCUT2D eigenvalue weighted by atomic mass is 16.5. The molecule has 0 aromatic heterocycles. The SMILES string of the molecule is C=C(C)C(=O)Oc1ccc(C2(O)CCCCC2)cc1. The zero-order valence-electron chi connectivity index (χ0n) is 11.3. The van der Waals surface area contributed by atoms with Crippen LogP contribution in [0.3, 0.4) is 0 Å². The molecule has 0 atom stereocenters. The van der Waals surface area contributed by atoms with Gasteiger partial charge in [-0.1, -0.05) is 38.0 Å². The lowest BCUT2D eigenvalue weighted by Gasteiger charge is -2.32. The van der Waals surface area contributed by atoms with Crippen molar-refractivity contribution in [2.24, 2.45) is 0 Å². The first-order valence-electron chi connectivity index (χ1n) is 6.72. The number of aliphatic hydroxyl groups is 1. The normalized spacial score (nSPS) is 17.8. The van der Waals surface area contributed by atoms with Gasteiger partial charge in [0.1, 0.15) is 5.75 Å². The molecule has 3 nitrogen and oxygen atoms in total. The van der Waals surface area contributed by atoms with E-state index < -0.39 is 11.6 Å². The van der Waals surface area contributed by atoms with Gasteiger partial charge < -0.3 is 9.84 Å². The highest BCUT2D eigenvalue weighted by Crippen LogP contribution is 2.37. The minimum Gasteiger partial charge on any atom is -0.423 e. The monoisotopic (exact) mass is 260 g/mol. The van der Waals surface area contributed by atoms with Crippen molar-refractivity contribution in [2.75, 3.05) is 0 Å². The molecule has 2 rings (SSSR count). The lowest BCUT2D eigenvalue weighted by molar-refractivity contribution is -0.130. The molecule has 0 heterocycles. The Labute approximate surface area is 113 Å². The second-order valence-corrected chi connectivity index (χ2v) is 5.29. The number of esters is 1. The minimum absolute atomic E-state index is 0.370. The topological polar surface area (TPSA) is 46.5 Å². The van der Waals surface area contributed by atoms with E-state index in [1.807, 2.05) is 12.1 Å². The van der Waals surface area contributed by atoms with Gasteiger partial charge in [-0.05, 0) is 37.5 Å². The van der Waals surface area contributed by atoms with E-state index in [4.69, 9.17) is 4.74 Å². The summed E-state index contributed by atoms with van der Waals surface area (Å²) >= 11 is 0. The van der Waals surface area contributed by atoms with Gasteiger partial charge in [-0.15, -0.1) is 0 Å². The molecule has 1 saturated carbocycles. The van der Waals surface area contributed by atoms with Crippen LogP contribution in [0, 0.1) is 0 Å². The van der Waals surface area contributed by atoms with E-state index in [9.17, 15) is 9.90 Å². The molecule has 1 N–H and O–H groups in total. The Kier molecular flexibility index (Phi) is 4.05. The average molecular weight is 260 g/mol. The molecule has 1 aromatic carbocycles. The smallest absolute Gasteiger partial charge is 0.338 e. The predicted octanol–water partition coefficient (Wildman–Crippen LogP) is 3.32. The van der Waals surface area contributed by atoms with Crippen LogP contribution in [0.15, 0.2) is 36.4 Å². The number of hydrogen-bond donors (Lipinski definition) is 1. The minimum atomic E-state index is -0.713. The van der Waals surface area contributed by atoms with Crippen molar-refractivity contribution in [1.29, 1.82) is 0 Å². The van der Waals surface area contributed by atoms with Crippen molar-refractivity contribution in [3.8, 4) is 5.75 Å². The molecule has 0 aliphatic heterocycles. The Morgan fingerprint density at radius 2 is 1.79 bits per heavy atom. The summed E-state index contributed by atoms with van der Waals surface area (Å²) in [4.78, 5) is 11.4. The zero-order valence-corrected chi connectivity index (χ0v) is 11.3. The van der Waals surface area contributed by atoms with Crippen molar-refractivity contribution < 1.29 is 14.6 Å². The third-order valence-electron chi connectivity index (χ3n) is 3.63. The summed E-state index contributed by atoms with van der Waals surface area (Å²) in [6.45, 7) is 5.15.